The Hall–Kier alpha value is -0.530. The van der Waals surface area contributed by atoms with Gasteiger partial charge in [-0.05, 0) is 12.3 Å². The lowest BCUT2D eigenvalue weighted by Crippen LogP contribution is -2.23. The number of hydrogen-bond donors (Lipinski definition) is 1. The largest absolute Gasteiger partial charge is 0.356 e. The van der Waals surface area contributed by atoms with E-state index >= 15 is 0 Å². The summed E-state index contributed by atoms with van der Waals surface area (Å²) in [6.07, 6.45) is 4.56. The molecule has 0 saturated heterocycles. The topological polar surface area (TPSA) is 29.1 Å². The van der Waals surface area contributed by atoms with Gasteiger partial charge in [-0.25, -0.2) is 0 Å². The predicted molar refractivity (Wildman–Crippen MR) is 40.6 cm³/mol. The average molecular weight is 141 g/mol. The van der Waals surface area contributed by atoms with Crippen LogP contribution in [0.5, 0.6) is 0 Å². The highest BCUT2D eigenvalue weighted by atomic mass is 16.1. The van der Waals surface area contributed by atoms with E-state index in [9.17, 15) is 4.79 Å². The van der Waals surface area contributed by atoms with E-state index in [0.717, 1.165) is 12.5 Å². The summed E-state index contributed by atoms with van der Waals surface area (Å²) in [5, 5.41) is 2.86. The van der Waals surface area contributed by atoms with Crippen LogP contribution < -0.4 is 5.32 Å². The molecule has 10 heavy (non-hydrogen) atoms. The molecule has 0 bridgehead atoms. The van der Waals surface area contributed by atoms with Crippen LogP contribution in [0.1, 0.15) is 32.6 Å². The molecule has 58 valence electrons. The van der Waals surface area contributed by atoms with E-state index in [0.29, 0.717) is 6.42 Å². The quantitative estimate of drug-likeness (QED) is 0.628. The Kier molecular flexibility index (Phi) is 2.72. The van der Waals surface area contributed by atoms with Crippen molar-refractivity contribution in [2.24, 2.45) is 5.92 Å². The molecule has 0 heterocycles. The van der Waals surface area contributed by atoms with Crippen LogP contribution in [0, 0.1) is 5.92 Å². The molecule has 1 aliphatic carbocycles. The minimum atomic E-state index is 0.181. The van der Waals surface area contributed by atoms with Gasteiger partial charge in [-0.15, -0.1) is 0 Å². The molecule has 0 aromatic heterocycles. The van der Waals surface area contributed by atoms with Crippen LogP contribution in [0.3, 0.4) is 0 Å². The van der Waals surface area contributed by atoms with Gasteiger partial charge >= 0.3 is 0 Å². The Morgan fingerprint density at radius 3 is 2.80 bits per heavy atom. The minimum absolute atomic E-state index is 0.181. The predicted octanol–water partition coefficient (Wildman–Crippen LogP) is 1.31. The lowest BCUT2D eigenvalue weighted by atomic mass is 10.3. The van der Waals surface area contributed by atoms with Crippen molar-refractivity contribution in [2.45, 2.75) is 32.6 Å². The maximum atomic E-state index is 10.7. The highest BCUT2D eigenvalue weighted by Gasteiger charge is 2.20. The highest BCUT2D eigenvalue weighted by Crippen LogP contribution is 2.31. The fourth-order valence-corrected chi connectivity index (χ4v) is 0.947. The van der Waals surface area contributed by atoms with Gasteiger partial charge in [0.05, 0.1) is 0 Å². The van der Waals surface area contributed by atoms with Gasteiger partial charge in [0.25, 0.3) is 0 Å². The molecule has 0 spiro atoms. The van der Waals surface area contributed by atoms with Crippen LogP contribution in [0.2, 0.25) is 0 Å². The first kappa shape index (κ1) is 7.58. The second-order valence-corrected chi connectivity index (χ2v) is 2.94. The normalized spacial score (nSPS) is 16.9. The smallest absolute Gasteiger partial charge is 0.219 e. The molecule has 0 aromatic rings. The summed E-state index contributed by atoms with van der Waals surface area (Å²) in [5.74, 6) is 1.11. The molecule has 0 aliphatic heterocycles. The summed E-state index contributed by atoms with van der Waals surface area (Å²) >= 11 is 0. The van der Waals surface area contributed by atoms with E-state index in [1.807, 2.05) is 6.92 Å². The molecule has 2 nitrogen and oxygen atoms in total. The molecule has 0 unspecified atom stereocenters. The second kappa shape index (κ2) is 3.59. The molecule has 1 rings (SSSR count). The van der Waals surface area contributed by atoms with Gasteiger partial charge in [0.2, 0.25) is 5.91 Å². The van der Waals surface area contributed by atoms with Crippen molar-refractivity contribution >= 4 is 5.91 Å². The zero-order valence-electron chi connectivity index (χ0n) is 6.52. The van der Waals surface area contributed by atoms with Gasteiger partial charge in [-0.2, -0.15) is 0 Å². The average Bonchev–Trinajstić information content (AvgIpc) is 2.71. The van der Waals surface area contributed by atoms with Crippen LogP contribution in [0.4, 0.5) is 0 Å². The van der Waals surface area contributed by atoms with E-state index in [1.54, 1.807) is 0 Å². The fraction of sp³-hybridized carbons (Fsp3) is 0.875. The van der Waals surface area contributed by atoms with Gasteiger partial charge in [0, 0.05) is 13.0 Å². The first-order valence-electron chi connectivity index (χ1n) is 4.09. The van der Waals surface area contributed by atoms with Crippen LogP contribution in [0.25, 0.3) is 0 Å². The molecular formula is C8H15NO. The maximum Gasteiger partial charge on any atom is 0.219 e. The Bertz CT molecular complexity index is 118. The van der Waals surface area contributed by atoms with Crippen LogP contribution >= 0.6 is 0 Å². The molecular weight excluding hydrogens is 126 g/mol. The number of amides is 1. The first-order valence-corrected chi connectivity index (χ1v) is 4.09. The van der Waals surface area contributed by atoms with E-state index in [4.69, 9.17) is 0 Å². The summed E-state index contributed by atoms with van der Waals surface area (Å²) in [7, 11) is 0. The third-order valence-electron chi connectivity index (χ3n) is 1.89. The summed E-state index contributed by atoms with van der Waals surface area (Å²) in [5.41, 5.74) is 0. The van der Waals surface area contributed by atoms with Gasteiger partial charge in [-0.3, -0.25) is 4.79 Å². The van der Waals surface area contributed by atoms with Crippen molar-refractivity contribution in [3.8, 4) is 0 Å². The summed E-state index contributed by atoms with van der Waals surface area (Å²) in [6, 6.07) is 0. The number of nitrogens with one attached hydrogen (secondary N) is 1. The molecule has 1 fully saturated rings. The van der Waals surface area contributed by atoms with Crippen LogP contribution in [-0.2, 0) is 4.79 Å². The SMILES string of the molecule is CCC(=O)NCCC1CC1. The minimum Gasteiger partial charge on any atom is -0.356 e. The third kappa shape index (κ3) is 2.85. The lowest BCUT2D eigenvalue weighted by Gasteiger charge is -2.00. The fourth-order valence-electron chi connectivity index (χ4n) is 0.947. The Balaban J connectivity index is 1.88. The Morgan fingerprint density at radius 1 is 1.60 bits per heavy atom. The van der Waals surface area contributed by atoms with Crippen molar-refractivity contribution < 1.29 is 4.79 Å². The Morgan fingerprint density at radius 2 is 2.30 bits per heavy atom. The molecule has 0 radical (unpaired) electrons. The van der Waals surface area contributed by atoms with Crippen LogP contribution in [0.15, 0.2) is 0 Å². The van der Waals surface area contributed by atoms with E-state index in [1.165, 1.54) is 19.3 Å². The summed E-state index contributed by atoms with van der Waals surface area (Å²) in [4.78, 5) is 10.7. The van der Waals surface area contributed by atoms with Crippen molar-refractivity contribution in [3.05, 3.63) is 0 Å². The van der Waals surface area contributed by atoms with Crippen molar-refractivity contribution in [1.29, 1.82) is 0 Å². The molecule has 1 saturated carbocycles. The number of carbonyl (C=O) groups excluding carboxylic acids is 1. The van der Waals surface area contributed by atoms with E-state index < -0.39 is 0 Å². The highest BCUT2D eigenvalue weighted by molar-refractivity contribution is 5.75. The summed E-state index contributed by atoms with van der Waals surface area (Å²) < 4.78 is 0. The zero-order valence-corrected chi connectivity index (χ0v) is 6.52. The maximum absolute atomic E-state index is 10.7. The molecule has 1 amide bonds. The molecule has 2 heteroatoms. The molecule has 1 N–H and O–H groups in total. The Labute approximate surface area is 62.0 Å². The lowest BCUT2D eigenvalue weighted by molar-refractivity contribution is -0.120. The van der Waals surface area contributed by atoms with Gasteiger partial charge in [-0.1, -0.05) is 19.8 Å². The van der Waals surface area contributed by atoms with Crippen molar-refractivity contribution in [3.63, 3.8) is 0 Å². The third-order valence-corrected chi connectivity index (χ3v) is 1.89. The van der Waals surface area contributed by atoms with Gasteiger partial charge < -0.3 is 5.32 Å². The second-order valence-electron chi connectivity index (χ2n) is 2.94. The van der Waals surface area contributed by atoms with E-state index in [-0.39, 0.29) is 5.91 Å². The first-order chi connectivity index (χ1) is 4.83. The number of rotatable bonds is 4. The monoisotopic (exact) mass is 141 g/mol. The van der Waals surface area contributed by atoms with Crippen molar-refractivity contribution in [1.82, 2.24) is 5.32 Å². The number of hydrogen-bond acceptors (Lipinski definition) is 1. The molecule has 0 atom stereocenters. The zero-order chi connectivity index (χ0) is 7.40. The van der Waals surface area contributed by atoms with E-state index in [2.05, 4.69) is 5.32 Å². The van der Waals surface area contributed by atoms with Crippen molar-refractivity contribution in [2.75, 3.05) is 6.54 Å². The van der Waals surface area contributed by atoms with Gasteiger partial charge in [0.1, 0.15) is 0 Å². The van der Waals surface area contributed by atoms with Crippen LogP contribution in [-0.4, -0.2) is 12.5 Å². The molecule has 0 aromatic carbocycles. The standard InChI is InChI=1S/C8H15NO/c1-2-8(10)9-6-5-7-3-4-7/h7H,2-6H2,1H3,(H,9,10). The molecule has 1 aliphatic rings. The number of carbonyl (C=O) groups is 1. The summed E-state index contributed by atoms with van der Waals surface area (Å²) in [6.45, 7) is 2.77. The van der Waals surface area contributed by atoms with Gasteiger partial charge in [0.15, 0.2) is 0 Å².